The summed E-state index contributed by atoms with van der Waals surface area (Å²) in [7, 11) is 0. The van der Waals surface area contributed by atoms with Crippen LogP contribution in [-0.4, -0.2) is 15.7 Å². The van der Waals surface area contributed by atoms with Crippen molar-refractivity contribution in [1.82, 2.24) is 9.55 Å². The van der Waals surface area contributed by atoms with Crippen LogP contribution in [0.15, 0.2) is 17.1 Å². The van der Waals surface area contributed by atoms with Gasteiger partial charge in [-0.1, -0.05) is 20.3 Å². The Balaban J connectivity index is 2.22. The minimum atomic E-state index is -0.332. The van der Waals surface area contributed by atoms with Crippen molar-refractivity contribution < 1.29 is 4.74 Å². The number of rotatable bonds is 3. The summed E-state index contributed by atoms with van der Waals surface area (Å²) in [5, 5.41) is 0. The number of hydrogen-bond donors (Lipinski definition) is 1. The summed E-state index contributed by atoms with van der Waals surface area (Å²) >= 11 is 0. The molecule has 5 nitrogen and oxygen atoms in total. The molecule has 1 aliphatic heterocycles. The molecule has 3 atom stereocenters. The molecule has 1 aliphatic rings. The normalized spacial score (nSPS) is 28.5. The molecule has 1 aromatic rings. The fraction of sp³-hybridized carbons (Fsp3) is 0.667. The van der Waals surface area contributed by atoms with Gasteiger partial charge in [-0.05, 0) is 24.8 Å². The quantitative estimate of drug-likeness (QED) is 0.865. The van der Waals surface area contributed by atoms with Gasteiger partial charge in [0, 0.05) is 6.20 Å². The van der Waals surface area contributed by atoms with Gasteiger partial charge in [-0.2, -0.15) is 4.98 Å². The second-order valence-corrected chi connectivity index (χ2v) is 4.48. The fourth-order valence-electron chi connectivity index (χ4n) is 2.46. The van der Waals surface area contributed by atoms with E-state index in [1.165, 1.54) is 4.57 Å². The lowest BCUT2D eigenvalue weighted by atomic mass is 9.96. The molecule has 2 heterocycles. The molecule has 1 unspecified atom stereocenters. The third kappa shape index (κ3) is 2.34. The van der Waals surface area contributed by atoms with Gasteiger partial charge in [0.05, 0.1) is 6.10 Å². The molecule has 1 aromatic heterocycles. The van der Waals surface area contributed by atoms with E-state index < -0.39 is 0 Å². The summed E-state index contributed by atoms with van der Waals surface area (Å²) in [6, 6.07) is 1.63. The zero-order valence-corrected chi connectivity index (χ0v) is 10.3. The Morgan fingerprint density at radius 1 is 1.53 bits per heavy atom. The van der Waals surface area contributed by atoms with Crippen LogP contribution >= 0.6 is 0 Å². The Hall–Kier alpha value is -1.36. The maximum absolute atomic E-state index is 11.7. The Labute approximate surface area is 101 Å². The average molecular weight is 237 g/mol. The molecule has 1 fully saturated rings. The van der Waals surface area contributed by atoms with E-state index in [4.69, 9.17) is 10.5 Å². The topological polar surface area (TPSA) is 70.1 Å². The molecule has 5 heteroatoms. The highest BCUT2D eigenvalue weighted by Gasteiger charge is 2.34. The molecule has 17 heavy (non-hydrogen) atoms. The number of nitrogens with two attached hydrogens (primary N) is 1. The summed E-state index contributed by atoms with van der Waals surface area (Å²) in [6.07, 6.45) is 4.65. The lowest BCUT2D eigenvalue weighted by Crippen LogP contribution is -2.27. The predicted molar refractivity (Wildman–Crippen MR) is 65.5 cm³/mol. The standard InChI is InChI=1S/C12H19N3O2/c1-3-8-7-11(17-9(8)4-2)15-6-5-10(13)14-12(15)16/h5-6,8-9,11H,3-4,7H2,1-2H3,(H2,13,14,16)/t8?,9-,11-/m1/s1. The Kier molecular flexibility index (Phi) is 3.47. The van der Waals surface area contributed by atoms with Gasteiger partial charge in [0.1, 0.15) is 12.0 Å². The molecule has 94 valence electrons. The first-order valence-electron chi connectivity index (χ1n) is 6.15. The molecule has 0 saturated carbocycles. The molecule has 0 aliphatic carbocycles. The van der Waals surface area contributed by atoms with E-state index in [1.54, 1.807) is 12.3 Å². The van der Waals surface area contributed by atoms with Crippen molar-refractivity contribution in [3.63, 3.8) is 0 Å². The summed E-state index contributed by atoms with van der Waals surface area (Å²) < 4.78 is 7.44. The highest BCUT2D eigenvalue weighted by Crippen LogP contribution is 2.35. The summed E-state index contributed by atoms with van der Waals surface area (Å²) in [4.78, 5) is 15.4. The molecule has 0 aromatic carbocycles. The maximum Gasteiger partial charge on any atom is 0.351 e. The maximum atomic E-state index is 11.7. The van der Waals surface area contributed by atoms with E-state index in [1.807, 2.05) is 0 Å². The van der Waals surface area contributed by atoms with Gasteiger partial charge in [0.2, 0.25) is 0 Å². The second kappa shape index (κ2) is 4.87. The van der Waals surface area contributed by atoms with Crippen LogP contribution in [-0.2, 0) is 4.74 Å². The monoisotopic (exact) mass is 237 g/mol. The van der Waals surface area contributed by atoms with Crippen molar-refractivity contribution in [2.75, 3.05) is 5.73 Å². The average Bonchev–Trinajstić information content (AvgIpc) is 2.72. The van der Waals surface area contributed by atoms with Crippen molar-refractivity contribution >= 4 is 5.82 Å². The van der Waals surface area contributed by atoms with E-state index >= 15 is 0 Å². The van der Waals surface area contributed by atoms with Gasteiger partial charge in [0.25, 0.3) is 0 Å². The van der Waals surface area contributed by atoms with Crippen molar-refractivity contribution in [1.29, 1.82) is 0 Å². The summed E-state index contributed by atoms with van der Waals surface area (Å²) in [6.45, 7) is 4.27. The van der Waals surface area contributed by atoms with Crippen LogP contribution in [0.5, 0.6) is 0 Å². The van der Waals surface area contributed by atoms with Crippen LogP contribution < -0.4 is 11.4 Å². The van der Waals surface area contributed by atoms with Gasteiger partial charge in [0.15, 0.2) is 0 Å². The van der Waals surface area contributed by atoms with Gasteiger partial charge < -0.3 is 10.5 Å². The molecule has 0 spiro atoms. The van der Waals surface area contributed by atoms with E-state index in [9.17, 15) is 4.79 Å². The van der Waals surface area contributed by atoms with Crippen molar-refractivity contribution in [3.05, 3.63) is 22.7 Å². The fourth-order valence-corrected chi connectivity index (χ4v) is 2.46. The van der Waals surface area contributed by atoms with Crippen molar-refractivity contribution in [2.45, 2.75) is 45.4 Å². The third-order valence-electron chi connectivity index (χ3n) is 3.45. The summed E-state index contributed by atoms with van der Waals surface area (Å²) in [5.74, 6) is 0.776. The SMILES string of the molecule is CCC1C[C@H](n2ccc(N)nc2=O)O[C@@H]1CC. The third-order valence-corrected chi connectivity index (χ3v) is 3.45. The zero-order chi connectivity index (χ0) is 12.4. The number of anilines is 1. The molecule has 2 rings (SSSR count). The lowest BCUT2D eigenvalue weighted by Gasteiger charge is -2.15. The van der Waals surface area contributed by atoms with Crippen LogP contribution in [0, 0.1) is 5.92 Å². The van der Waals surface area contributed by atoms with E-state index in [2.05, 4.69) is 18.8 Å². The molecular weight excluding hydrogens is 218 g/mol. The first-order chi connectivity index (χ1) is 8.15. The van der Waals surface area contributed by atoms with Crippen LogP contribution in [0.3, 0.4) is 0 Å². The molecule has 0 bridgehead atoms. The highest BCUT2D eigenvalue weighted by atomic mass is 16.5. The predicted octanol–water partition coefficient (Wildman–Crippen LogP) is 1.55. The number of nitrogen functional groups attached to an aromatic ring is 1. The molecule has 2 N–H and O–H groups in total. The van der Waals surface area contributed by atoms with Gasteiger partial charge in [-0.3, -0.25) is 4.57 Å². The largest absolute Gasteiger partial charge is 0.383 e. The number of nitrogens with zero attached hydrogens (tertiary/aromatic N) is 2. The van der Waals surface area contributed by atoms with Crippen LogP contribution in [0.25, 0.3) is 0 Å². The van der Waals surface area contributed by atoms with E-state index in [0.29, 0.717) is 5.92 Å². The second-order valence-electron chi connectivity index (χ2n) is 4.48. The first-order valence-corrected chi connectivity index (χ1v) is 6.15. The minimum Gasteiger partial charge on any atom is -0.383 e. The summed E-state index contributed by atoms with van der Waals surface area (Å²) in [5.41, 5.74) is 5.14. The molecule has 0 radical (unpaired) electrons. The highest BCUT2D eigenvalue weighted by molar-refractivity contribution is 5.23. The molecule has 0 amide bonds. The van der Waals surface area contributed by atoms with Crippen molar-refractivity contribution in [2.24, 2.45) is 5.92 Å². The van der Waals surface area contributed by atoms with Gasteiger partial charge >= 0.3 is 5.69 Å². The smallest absolute Gasteiger partial charge is 0.351 e. The van der Waals surface area contributed by atoms with Gasteiger partial charge in [-0.25, -0.2) is 4.79 Å². The van der Waals surface area contributed by atoms with Gasteiger partial charge in [-0.15, -0.1) is 0 Å². The number of hydrogen-bond acceptors (Lipinski definition) is 4. The Morgan fingerprint density at radius 2 is 2.29 bits per heavy atom. The van der Waals surface area contributed by atoms with E-state index in [0.717, 1.165) is 19.3 Å². The van der Waals surface area contributed by atoms with E-state index in [-0.39, 0.29) is 23.8 Å². The van der Waals surface area contributed by atoms with Crippen LogP contribution in [0.1, 0.15) is 39.3 Å². The number of ether oxygens (including phenoxy) is 1. The zero-order valence-electron chi connectivity index (χ0n) is 10.3. The van der Waals surface area contributed by atoms with Crippen LogP contribution in [0.4, 0.5) is 5.82 Å². The molecule has 1 saturated heterocycles. The number of aromatic nitrogens is 2. The van der Waals surface area contributed by atoms with Crippen molar-refractivity contribution in [3.8, 4) is 0 Å². The minimum absolute atomic E-state index is 0.189. The Bertz CT molecular complexity index is 432. The Morgan fingerprint density at radius 3 is 2.82 bits per heavy atom. The molecular formula is C12H19N3O2. The first kappa shape index (κ1) is 12.1. The lowest BCUT2D eigenvalue weighted by molar-refractivity contribution is -0.00880. The van der Waals surface area contributed by atoms with Crippen LogP contribution in [0.2, 0.25) is 0 Å².